The SMILES string of the molecule is Cc1cc(C)nc(-n2nc(C)cc2NC(=O)C2CCOCC2)n1. The molecule has 2 aromatic rings. The maximum Gasteiger partial charge on any atom is 0.252 e. The molecule has 3 rings (SSSR count). The van der Waals surface area contributed by atoms with Crippen LogP contribution in [0.25, 0.3) is 5.95 Å². The molecule has 0 spiro atoms. The maximum absolute atomic E-state index is 12.4. The third-order valence-electron chi connectivity index (χ3n) is 3.83. The molecule has 0 atom stereocenters. The van der Waals surface area contributed by atoms with Gasteiger partial charge in [-0.15, -0.1) is 0 Å². The van der Waals surface area contributed by atoms with Crippen LogP contribution in [0.2, 0.25) is 0 Å². The fourth-order valence-electron chi connectivity index (χ4n) is 2.73. The van der Waals surface area contributed by atoms with Gasteiger partial charge >= 0.3 is 0 Å². The lowest BCUT2D eigenvalue weighted by Gasteiger charge is -2.21. The Bertz CT molecular complexity index is 699. The molecule has 0 saturated carbocycles. The van der Waals surface area contributed by atoms with Gasteiger partial charge in [-0.3, -0.25) is 4.79 Å². The quantitative estimate of drug-likeness (QED) is 0.936. The highest BCUT2D eigenvalue weighted by Gasteiger charge is 2.23. The van der Waals surface area contributed by atoms with E-state index < -0.39 is 0 Å². The summed E-state index contributed by atoms with van der Waals surface area (Å²) in [5.74, 6) is 1.05. The summed E-state index contributed by atoms with van der Waals surface area (Å²) in [5.41, 5.74) is 2.53. The summed E-state index contributed by atoms with van der Waals surface area (Å²) in [5, 5.41) is 7.38. The van der Waals surface area contributed by atoms with Gasteiger partial charge in [0.2, 0.25) is 5.91 Å². The van der Waals surface area contributed by atoms with Crippen molar-refractivity contribution in [2.45, 2.75) is 33.6 Å². The van der Waals surface area contributed by atoms with E-state index in [1.807, 2.05) is 32.9 Å². The van der Waals surface area contributed by atoms with Crippen molar-refractivity contribution in [2.75, 3.05) is 18.5 Å². The number of hydrogen-bond acceptors (Lipinski definition) is 5. The zero-order valence-corrected chi connectivity index (χ0v) is 13.7. The van der Waals surface area contributed by atoms with Crippen LogP contribution in [0.4, 0.5) is 5.82 Å². The molecule has 1 amide bonds. The Labute approximate surface area is 135 Å². The fourth-order valence-corrected chi connectivity index (χ4v) is 2.73. The third-order valence-corrected chi connectivity index (χ3v) is 3.83. The van der Waals surface area contributed by atoms with Crippen LogP contribution in [-0.2, 0) is 9.53 Å². The Morgan fingerprint density at radius 1 is 1.13 bits per heavy atom. The van der Waals surface area contributed by atoms with Gasteiger partial charge in [0.05, 0.1) is 5.69 Å². The van der Waals surface area contributed by atoms with Crippen LogP contribution in [-0.4, -0.2) is 38.9 Å². The lowest BCUT2D eigenvalue weighted by atomic mass is 9.99. The zero-order chi connectivity index (χ0) is 16.4. The summed E-state index contributed by atoms with van der Waals surface area (Å²) in [6.07, 6.45) is 1.50. The maximum atomic E-state index is 12.4. The highest BCUT2D eigenvalue weighted by atomic mass is 16.5. The number of aryl methyl sites for hydroxylation is 3. The van der Waals surface area contributed by atoms with Crippen molar-refractivity contribution < 1.29 is 9.53 Å². The van der Waals surface area contributed by atoms with Gasteiger partial charge in [-0.2, -0.15) is 9.78 Å². The number of carbonyl (C=O) groups excluding carboxylic acids is 1. The number of aromatic nitrogens is 4. The summed E-state index contributed by atoms with van der Waals surface area (Å²) >= 11 is 0. The van der Waals surface area contributed by atoms with Crippen molar-refractivity contribution in [3.05, 3.63) is 29.2 Å². The van der Waals surface area contributed by atoms with Gasteiger partial charge in [-0.25, -0.2) is 9.97 Å². The van der Waals surface area contributed by atoms with Crippen molar-refractivity contribution in [1.82, 2.24) is 19.7 Å². The van der Waals surface area contributed by atoms with Crippen LogP contribution in [0.15, 0.2) is 12.1 Å². The first-order valence-corrected chi connectivity index (χ1v) is 7.81. The lowest BCUT2D eigenvalue weighted by Crippen LogP contribution is -2.29. The molecule has 1 aliphatic rings. The molecule has 1 N–H and O–H groups in total. The minimum absolute atomic E-state index is 0.00109. The van der Waals surface area contributed by atoms with Crippen molar-refractivity contribution in [3.8, 4) is 5.95 Å². The van der Waals surface area contributed by atoms with Gasteiger partial charge in [0.1, 0.15) is 5.82 Å². The van der Waals surface area contributed by atoms with Crippen LogP contribution in [0.1, 0.15) is 29.9 Å². The van der Waals surface area contributed by atoms with Crippen molar-refractivity contribution in [3.63, 3.8) is 0 Å². The molecular formula is C16H21N5O2. The normalized spacial score (nSPS) is 15.6. The summed E-state index contributed by atoms with van der Waals surface area (Å²) in [7, 11) is 0. The third kappa shape index (κ3) is 3.56. The van der Waals surface area contributed by atoms with Crippen molar-refractivity contribution in [2.24, 2.45) is 5.92 Å². The second-order valence-corrected chi connectivity index (χ2v) is 5.91. The molecule has 0 bridgehead atoms. The average Bonchev–Trinajstić information content (AvgIpc) is 2.88. The average molecular weight is 315 g/mol. The van der Waals surface area contributed by atoms with Gasteiger partial charge in [0.25, 0.3) is 5.95 Å². The lowest BCUT2D eigenvalue weighted by molar-refractivity contribution is -0.122. The number of hydrogen-bond donors (Lipinski definition) is 1. The molecule has 0 aromatic carbocycles. The minimum Gasteiger partial charge on any atom is -0.381 e. The van der Waals surface area contributed by atoms with Crippen LogP contribution in [0.3, 0.4) is 0 Å². The standard InChI is InChI=1S/C16H21N5O2/c1-10-8-11(2)18-16(17-10)21-14(9-12(3)20-21)19-15(22)13-4-6-23-7-5-13/h8-9,13H,4-7H2,1-3H3,(H,19,22). The molecule has 2 aromatic heterocycles. The van der Waals surface area contributed by atoms with E-state index in [4.69, 9.17) is 4.74 Å². The van der Waals surface area contributed by atoms with Crippen LogP contribution < -0.4 is 5.32 Å². The van der Waals surface area contributed by atoms with Gasteiger partial charge in [-0.05, 0) is 39.7 Å². The van der Waals surface area contributed by atoms with E-state index in [0.29, 0.717) is 25.0 Å². The second kappa shape index (κ2) is 6.45. The largest absolute Gasteiger partial charge is 0.381 e. The molecule has 1 aliphatic heterocycles. The van der Waals surface area contributed by atoms with E-state index in [0.717, 1.165) is 29.9 Å². The van der Waals surface area contributed by atoms with Crippen molar-refractivity contribution in [1.29, 1.82) is 0 Å². The molecule has 7 nitrogen and oxygen atoms in total. The molecule has 0 aliphatic carbocycles. The molecular weight excluding hydrogens is 294 g/mol. The molecule has 122 valence electrons. The second-order valence-electron chi connectivity index (χ2n) is 5.91. The fraction of sp³-hybridized carbons (Fsp3) is 0.500. The van der Waals surface area contributed by atoms with E-state index in [2.05, 4.69) is 20.4 Å². The van der Waals surface area contributed by atoms with Crippen LogP contribution >= 0.6 is 0 Å². The Morgan fingerprint density at radius 3 is 2.43 bits per heavy atom. The summed E-state index contributed by atoms with van der Waals surface area (Å²) in [6.45, 7) is 6.97. The van der Waals surface area contributed by atoms with Gasteiger partial charge < -0.3 is 10.1 Å². The molecule has 1 saturated heterocycles. The first-order chi connectivity index (χ1) is 11.0. The highest BCUT2D eigenvalue weighted by Crippen LogP contribution is 2.20. The number of carbonyl (C=O) groups is 1. The van der Waals surface area contributed by atoms with Gasteiger partial charge in [0.15, 0.2) is 0 Å². The predicted molar refractivity (Wildman–Crippen MR) is 85.5 cm³/mol. The van der Waals surface area contributed by atoms with E-state index in [-0.39, 0.29) is 11.8 Å². The molecule has 7 heteroatoms. The molecule has 3 heterocycles. The molecule has 23 heavy (non-hydrogen) atoms. The highest BCUT2D eigenvalue weighted by molar-refractivity contribution is 5.92. The van der Waals surface area contributed by atoms with Crippen LogP contribution in [0, 0.1) is 26.7 Å². The molecule has 1 fully saturated rings. The summed E-state index contributed by atoms with van der Waals surface area (Å²) < 4.78 is 6.90. The monoisotopic (exact) mass is 315 g/mol. The Kier molecular flexibility index (Phi) is 4.38. The zero-order valence-electron chi connectivity index (χ0n) is 13.7. The van der Waals surface area contributed by atoms with Crippen LogP contribution in [0.5, 0.6) is 0 Å². The minimum atomic E-state index is -0.0208. The number of nitrogens with zero attached hydrogens (tertiary/aromatic N) is 4. The number of rotatable bonds is 3. The van der Waals surface area contributed by atoms with E-state index in [9.17, 15) is 4.79 Å². The van der Waals surface area contributed by atoms with E-state index in [1.165, 1.54) is 0 Å². The number of nitrogens with one attached hydrogen (secondary N) is 1. The Morgan fingerprint density at radius 2 is 1.78 bits per heavy atom. The Balaban J connectivity index is 1.87. The Hall–Kier alpha value is -2.28. The summed E-state index contributed by atoms with van der Waals surface area (Å²) in [4.78, 5) is 21.3. The number of anilines is 1. The number of ether oxygens (including phenoxy) is 1. The van der Waals surface area contributed by atoms with Crippen molar-refractivity contribution >= 4 is 11.7 Å². The first kappa shape index (κ1) is 15.6. The van der Waals surface area contributed by atoms with Gasteiger partial charge in [0, 0.05) is 36.6 Å². The molecule has 0 unspecified atom stereocenters. The topological polar surface area (TPSA) is 81.9 Å². The first-order valence-electron chi connectivity index (χ1n) is 7.81. The smallest absolute Gasteiger partial charge is 0.252 e. The molecule has 0 radical (unpaired) electrons. The van der Waals surface area contributed by atoms with E-state index in [1.54, 1.807) is 4.68 Å². The predicted octanol–water partition coefficient (Wildman–Crippen LogP) is 1.95. The van der Waals surface area contributed by atoms with E-state index >= 15 is 0 Å². The number of amides is 1. The summed E-state index contributed by atoms with van der Waals surface area (Å²) in [6, 6.07) is 3.73. The van der Waals surface area contributed by atoms with Gasteiger partial charge in [-0.1, -0.05) is 0 Å².